The minimum absolute atomic E-state index is 0.00718. The molecule has 6 aliphatic carbocycles. The lowest BCUT2D eigenvalue weighted by atomic mass is 9.41. The quantitative estimate of drug-likeness (QED) is 0.165. The summed E-state index contributed by atoms with van der Waals surface area (Å²) in [5.74, 6) is 4.53. The summed E-state index contributed by atoms with van der Waals surface area (Å²) in [7, 11) is 0. The maximum atomic E-state index is 7.70. The van der Waals surface area contributed by atoms with Crippen LogP contribution in [0.5, 0.6) is 11.5 Å². The molecule has 11 aromatic carbocycles. The van der Waals surface area contributed by atoms with Crippen molar-refractivity contribution in [3.05, 3.63) is 251 Å². The normalized spacial score (nSPS) is 21.3. The topological polar surface area (TPSA) is 15.7 Å². The van der Waals surface area contributed by atoms with Crippen LogP contribution in [-0.2, 0) is 27.1 Å². The maximum Gasteiger partial charge on any atom is 0.139 e. The van der Waals surface area contributed by atoms with Crippen molar-refractivity contribution in [2.75, 3.05) is 9.80 Å². The average molecular weight is 1130 g/mol. The molecule has 0 radical (unpaired) electrons. The first kappa shape index (κ1) is 52.9. The fourth-order valence-corrected chi connectivity index (χ4v) is 18.4. The number of anilines is 6. The Kier molecular flexibility index (Phi) is 11.1. The van der Waals surface area contributed by atoms with Crippen molar-refractivity contribution in [1.29, 1.82) is 0 Å². The monoisotopic (exact) mass is 1130 g/mol. The van der Waals surface area contributed by atoms with Crippen LogP contribution in [0.4, 0.5) is 34.1 Å². The van der Waals surface area contributed by atoms with Gasteiger partial charge in [0, 0.05) is 66.6 Å². The summed E-state index contributed by atoms with van der Waals surface area (Å²) in [6.45, 7) is 23.6. The molecule has 3 nitrogen and oxygen atoms in total. The highest BCUT2D eigenvalue weighted by atomic mass is 16.5. The van der Waals surface area contributed by atoms with E-state index < -0.39 is 0 Å². The maximum absolute atomic E-state index is 7.70. The molecule has 3 heteroatoms. The van der Waals surface area contributed by atoms with E-state index in [1.807, 2.05) is 0 Å². The van der Waals surface area contributed by atoms with E-state index >= 15 is 0 Å². The van der Waals surface area contributed by atoms with Crippen LogP contribution in [0.1, 0.15) is 146 Å². The van der Waals surface area contributed by atoms with Crippen LogP contribution in [0.2, 0.25) is 0 Å². The van der Waals surface area contributed by atoms with Gasteiger partial charge in [0.05, 0.1) is 5.69 Å². The number of nitrogens with zero attached hydrogens (tertiary/aromatic N) is 2. The van der Waals surface area contributed by atoms with Crippen LogP contribution in [0.25, 0.3) is 54.6 Å². The first-order chi connectivity index (χ1) is 41.8. The van der Waals surface area contributed by atoms with Gasteiger partial charge in [-0.25, -0.2) is 0 Å². The lowest BCUT2D eigenvalue weighted by Gasteiger charge is -2.63. The second kappa shape index (κ2) is 18.3. The highest BCUT2D eigenvalue weighted by Gasteiger charge is 2.62. The molecular formula is C84H78N2O. The first-order valence-electron chi connectivity index (χ1n) is 32.4. The molecule has 0 amide bonds. The standard InChI is InChI=1S/C84H78N2O/c1-80(2,3)54-25-29-58(30-26-54)85(60-33-36-67-71(46-60)82(7,8)69-38-23-52-17-11-13-19-63(52)77(67)69)61-35-40-76-73(48-61)84(56-42-50-41-51(44-56)45-57(84)43-50)74-49-75(65-21-15-16-22-66(65)79(74)87-76)86(59-31-27-55(28-32-59)81(4,5)6)62-34-37-68-72(47-62)83(9,10)70-39-24-53-18-12-14-20-64(53)78(68)70/h11-40,46-51,56-57H,41-45H2,1-10H3. The van der Waals surface area contributed by atoms with Gasteiger partial charge in [-0.2, -0.15) is 0 Å². The average Bonchev–Trinajstić information content (AvgIpc) is 1.44. The molecule has 0 aromatic heterocycles. The largest absolute Gasteiger partial charge is 0.456 e. The van der Waals surface area contributed by atoms with Gasteiger partial charge in [-0.05, 0) is 217 Å². The van der Waals surface area contributed by atoms with E-state index in [0.29, 0.717) is 11.8 Å². The molecule has 430 valence electrons. The Labute approximate surface area is 514 Å². The molecule has 1 aliphatic heterocycles. The van der Waals surface area contributed by atoms with Crippen LogP contribution in [0, 0.1) is 23.7 Å². The van der Waals surface area contributed by atoms with Gasteiger partial charge in [-0.1, -0.05) is 203 Å². The molecule has 4 bridgehead atoms. The Hall–Kier alpha value is -8.40. The second-order valence-corrected chi connectivity index (χ2v) is 30.2. The van der Waals surface area contributed by atoms with Gasteiger partial charge >= 0.3 is 0 Å². The number of rotatable bonds is 6. The van der Waals surface area contributed by atoms with E-state index in [1.54, 1.807) is 0 Å². The molecule has 11 aromatic rings. The lowest BCUT2D eigenvalue weighted by Crippen LogP contribution is -2.57. The Balaban J connectivity index is 0.884. The van der Waals surface area contributed by atoms with Crippen LogP contribution < -0.4 is 14.5 Å². The third-order valence-electron chi connectivity index (χ3n) is 22.6. The summed E-state index contributed by atoms with van der Waals surface area (Å²) in [5.41, 5.74) is 22.8. The molecule has 1 spiro atoms. The zero-order valence-electron chi connectivity index (χ0n) is 52.3. The zero-order chi connectivity index (χ0) is 59.3. The van der Waals surface area contributed by atoms with Gasteiger partial charge in [0.15, 0.2) is 0 Å². The first-order valence-corrected chi connectivity index (χ1v) is 32.4. The number of ether oxygens (including phenoxy) is 1. The van der Waals surface area contributed by atoms with Gasteiger partial charge in [0.1, 0.15) is 11.5 Å². The second-order valence-electron chi connectivity index (χ2n) is 30.2. The van der Waals surface area contributed by atoms with Crippen molar-refractivity contribution in [1.82, 2.24) is 0 Å². The van der Waals surface area contributed by atoms with Crippen molar-refractivity contribution < 1.29 is 4.74 Å². The molecule has 4 saturated carbocycles. The number of hydrogen-bond donors (Lipinski definition) is 0. The van der Waals surface area contributed by atoms with Crippen molar-refractivity contribution in [3.63, 3.8) is 0 Å². The zero-order valence-corrected chi connectivity index (χ0v) is 52.3. The van der Waals surface area contributed by atoms with E-state index in [1.165, 1.54) is 154 Å². The number of fused-ring (bicyclic) bond motifs is 14. The Morgan fingerprint density at radius 2 is 0.793 bits per heavy atom. The van der Waals surface area contributed by atoms with E-state index in [-0.39, 0.29) is 27.1 Å². The van der Waals surface area contributed by atoms with Crippen molar-refractivity contribution in [2.24, 2.45) is 23.7 Å². The third-order valence-corrected chi connectivity index (χ3v) is 22.6. The van der Waals surface area contributed by atoms with Crippen molar-refractivity contribution in [2.45, 2.75) is 128 Å². The van der Waals surface area contributed by atoms with E-state index in [0.717, 1.165) is 34.7 Å². The van der Waals surface area contributed by atoms with Gasteiger partial charge in [-0.15, -0.1) is 0 Å². The minimum atomic E-state index is -0.278. The highest BCUT2D eigenvalue weighted by molar-refractivity contribution is 6.07. The van der Waals surface area contributed by atoms with Crippen molar-refractivity contribution in [3.8, 4) is 33.8 Å². The number of benzene rings is 11. The molecule has 0 saturated heterocycles. The predicted octanol–water partition coefficient (Wildman–Crippen LogP) is 23.1. The summed E-state index contributed by atoms with van der Waals surface area (Å²) in [4.78, 5) is 5.18. The van der Waals surface area contributed by atoms with E-state index in [9.17, 15) is 0 Å². The SMILES string of the molecule is CC(C)(C)c1ccc(N(c2ccc3c(c2)C(C)(C)c2ccc4ccccc4c2-3)c2ccc3c(c2)C2(c4cc(N(c5ccc(C(C)(C)C)cc5)c5ccc6c(c5)C(C)(C)c5ccc7ccccc7c5-6)c5ccccc5c4O3)C3CC4CC(C3)CC2C4)cc1. The van der Waals surface area contributed by atoms with Crippen LogP contribution in [0.15, 0.2) is 206 Å². The highest BCUT2D eigenvalue weighted by Crippen LogP contribution is 2.71. The molecule has 87 heavy (non-hydrogen) atoms. The van der Waals surface area contributed by atoms with E-state index in [2.05, 4.69) is 285 Å². The molecular weight excluding hydrogens is 1050 g/mol. The lowest BCUT2D eigenvalue weighted by molar-refractivity contribution is -0.0450. The minimum Gasteiger partial charge on any atom is -0.456 e. The Morgan fingerprint density at radius 1 is 0.368 bits per heavy atom. The summed E-state index contributed by atoms with van der Waals surface area (Å²) < 4.78 is 7.70. The summed E-state index contributed by atoms with van der Waals surface area (Å²) in [5, 5.41) is 7.61. The van der Waals surface area contributed by atoms with Crippen LogP contribution >= 0.6 is 0 Å². The molecule has 1 heterocycles. The van der Waals surface area contributed by atoms with Gasteiger partial charge in [0.2, 0.25) is 0 Å². The molecule has 7 aliphatic rings. The Bertz CT molecular complexity index is 4670. The molecule has 4 fully saturated rings. The molecule has 18 rings (SSSR count). The molecule has 0 N–H and O–H groups in total. The van der Waals surface area contributed by atoms with Gasteiger partial charge in [0.25, 0.3) is 0 Å². The molecule has 0 atom stereocenters. The number of hydrogen-bond acceptors (Lipinski definition) is 3. The van der Waals surface area contributed by atoms with E-state index in [4.69, 9.17) is 4.74 Å². The fourth-order valence-electron chi connectivity index (χ4n) is 18.4. The van der Waals surface area contributed by atoms with Crippen LogP contribution in [-0.4, -0.2) is 0 Å². The summed E-state index contributed by atoms with van der Waals surface area (Å²) >= 11 is 0. The fraction of sp³-hybridized carbons (Fsp3) is 0.286. The summed E-state index contributed by atoms with van der Waals surface area (Å²) in [6.07, 6.45) is 6.37. The van der Waals surface area contributed by atoms with Gasteiger partial charge in [-0.3, -0.25) is 0 Å². The Morgan fingerprint density at radius 3 is 1.30 bits per heavy atom. The van der Waals surface area contributed by atoms with Crippen molar-refractivity contribution >= 4 is 66.4 Å². The smallest absolute Gasteiger partial charge is 0.139 e. The molecule has 0 unspecified atom stereocenters. The van der Waals surface area contributed by atoms with Crippen LogP contribution in [0.3, 0.4) is 0 Å². The third kappa shape index (κ3) is 7.60. The predicted molar refractivity (Wildman–Crippen MR) is 365 cm³/mol. The van der Waals surface area contributed by atoms with Gasteiger partial charge < -0.3 is 14.5 Å². The summed E-state index contributed by atoms with van der Waals surface area (Å²) in [6, 6.07) is 80.1.